The summed E-state index contributed by atoms with van der Waals surface area (Å²) in [6.45, 7) is 4.15. The van der Waals surface area contributed by atoms with E-state index in [1.807, 2.05) is 6.92 Å². The van der Waals surface area contributed by atoms with Crippen LogP contribution >= 0.6 is 0 Å². The molecule has 0 amide bonds. The smallest absolute Gasteiger partial charge is 0.358 e. The summed E-state index contributed by atoms with van der Waals surface area (Å²) in [5, 5.41) is 4.32. The number of anilines is 1. The van der Waals surface area contributed by atoms with Gasteiger partial charge in [0.05, 0.1) is 7.11 Å². The highest BCUT2D eigenvalue weighted by atomic mass is 16.5. The lowest BCUT2D eigenvalue weighted by Crippen LogP contribution is -2.17. The van der Waals surface area contributed by atoms with Crippen molar-refractivity contribution in [2.75, 3.05) is 26.1 Å². The van der Waals surface area contributed by atoms with E-state index >= 15 is 0 Å². The van der Waals surface area contributed by atoms with Crippen molar-refractivity contribution >= 4 is 11.8 Å². The molecule has 1 fully saturated rings. The number of carbonyl (C=O) groups is 1. The Morgan fingerprint density at radius 3 is 2.79 bits per heavy atom. The third-order valence-electron chi connectivity index (χ3n) is 3.47. The average molecular weight is 267 g/mol. The number of aryl methyl sites for hydroxylation is 1. The Hall–Kier alpha value is -1.56. The molecule has 1 aromatic heterocycles. The monoisotopic (exact) mass is 267 g/mol. The molecule has 1 aromatic rings. The highest BCUT2D eigenvalue weighted by Crippen LogP contribution is 2.34. The number of nitrogens with two attached hydrogens (primary N) is 1. The molecule has 19 heavy (non-hydrogen) atoms. The molecule has 1 aliphatic heterocycles. The molecule has 2 rings (SSSR count). The molecule has 1 aliphatic rings. The topological polar surface area (TPSA) is 79.4 Å². The molecule has 1 saturated heterocycles. The van der Waals surface area contributed by atoms with Gasteiger partial charge in [0, 0.05) is 25.3 Å². The first-order valence-electron chi connectivity index (χ1n) is 6.71. The number of hydrogen-bond donors (Lipinski definition) is 1. The standard InChI is InChI=1S/C13H21N3O3/c1-3-6-16-12(14)10(9-4-7-19-8-5-9)11(15-16)13(17)18-2/h9H,3-8,14H2,1-2H3. The van der Waals surface area contributed by atoms with Crippen LogP contribution in [0.15, 0.2) is 0 Å². The lowest BCUT2D eigenvalue weighted by Gasteiger charge is -2.22. The fourth-order valence-corrected chi connectivity index (χ4v) is 2.51. The van der Waals surface area contributed by atoms with Gasteiger partial charge < -0.3 is 15.2 Å². The molecule has 0 aliphatic carbocycles. The zero-order valence-electron chi connectivity index (χ0n) is 11.5. The molecule has 106 valence electrons. The second-order valence-corrected chi connectivity index (χ2v) is 4.75. The van der Waals surface area contributed by atoms with E-state index in [9.17, 15) is 4.79 Å². The van der Waals surface area contributed by atoms with Crippen molar-refractivity contribution in [3.63, 3.8) is 0 Å². The predicted octanol–water partition coefficient (Wildman–Crippen LogP) is 1.56. The molecule has 6 heteroatoms. The Morgan fingerprint density at radius 1 is 1.53 bits per heavy atom. The molecule has 0 atom stereocenters. The zero-order valence-corrected chi connectivity index (χ0v) is 11.5. The third-order valence-corrected chi connectivity index (χ3v) is 3.47. The van der Waals surface area contributed by atoms with E-state index in [1.165, 1.54) is 7.11 Å². The number of rotatable bonds is 4. The van der Waals surface area contributed by atoms with Gasteiger partial charge in [-0.15, -0.1) is 0 Å². The number of aromatic nitrogens is 2. The summed E-state index contributed by atoms with van der Waals surface area (Å²) in [5.41, 5.74) is 7.36. The first-order chi connectivity index (χ1) is 9.19. The van der Waals surface area contributed by atoms with Crippen LogP contribution in [-0.4, -0.2) is 36.1 Å². The molecule has 0 spiro atoms. The molecule has 6 nitrogen and oxygen atoms in total. The van der Waals surface area contributed by atoms with Gasteiger partial charge in [-0.25, -0.2) is 9.48 Å². The van der Waals surface area contributed by atoms with Crippen LogP contribution in [0.4, 0.5) is 5.82 Å². The van der Waals surface area contributed by atoms with E-state index in [1.54, 1.807) is 4.68 Å². The average Bonchev–Trinajstić information content (AvgIpc) is 2.77. The Labute approximate surface area is 112 Å². The highest BCUT2D eigenvalue weighted by Gasteiger charge is 2.29. The van der Waals surface area contributed by atoms with Crippen LogP contribution in [-0.2, 0) is 16.0 Å². The Bertz CT molecular complexity index is 450. The largest absolute Gasteiger partial charge is 0.464 e. The van der Waals surface area contributed by atoms with E-state index < -0.39 is 5.97 Å². The Kier molecular flexibility index (Phi) is 4.42. The number of methoxy groups -OCH3 is 1. The van der Waals surface area contributed by atoms with Gasteiger partial charge in [-0.05, 0) is 25.2 Å². The van der Waals surface area contributed by atoms with Crippen LogP contribution in [0.5, 0.6) is 0 Å². The van der Waals surface area contributed by atoms with E-state index in [0.29, 0.717) is 31.3 Å². The molecule has 0 radical (unpaired) electrons. The number of ether oxygens (including phenoxy) is 2. The van der Waals surface area contributed by atoms with Gasteiger partial charge in [-0.3, -0.25) is 0 Å². The summed E-state index contributed by atoms with van der Waals surface area (Å²) in [5.74, 6) is 0.408. The summed E-state index contributed by atoms with van der Waals surface area (Å²) in [6.07, 6.45) is 2.65. The van der Waals surface area contributed by atoms with E-state index in [-0.39, 0.29) is 5.92 Å². The lowest BCUT2D eigenvalue weighted by atomic mass is 9.91. The molecular weight excluding hydrogens is 246 g/mol. The van der Waals surface area contributed by atoms with Crippen LogP contribution < -0.4 is 5.73 Å². The van der Waals surface area contributed by atoms with Crippen LogP contribution in [0.3, 0.4) is 0 Å². The fraction of sp³-hybridized carbons (Fsp3) is 0.692. The molecule has 0 saturated carbocycles. The van der Waals surface area contributed by atoms with Crippen molar-refractivity contribution in [3.05, 3.63) is 11.3 Å². The number of nitrogens with zero attached hydrogens (tertiary/aromatic N) is 2. The lowest BCUT2D eigenvalue weighted by molar-refractivity contribution is 0.0585. The normalized spacial score (nSPS) is 16.5. The third kappa shape index (κ3) is 2.73. The Balaban J connectivity index is 2.39. The van der Waals surface area contributed by atoms with Gasteiger partial charge in [0.2, 0.25) is 0 Å². The van der Waals surface area contributed by atoms with E-state index in [4.69, 9.17) is 15.2 Å². The van der Waals surface area contributed by atoms with Crippen LogP contribution in [0.1, 0.15) is 48.2 Å². The molecule has 0 bridgehead atoms. The van der Waals surface area contributed by atoms with Gasteiger partial charge in [0.15, 0.2) is 5.69 Å². The fourth-order valence-electron chi connectivity index (χ4n) is 2.51. The summed E-state index contributed by atoms with van der Waals surface area (Å²) in [7, 11) is 1.37. The van der Waals surface area contributed by atoms with E-state index in [0.717, 1.165) is 24.8 Å². The number of hydrogen-bond acceptors (Lipinski definition) is 5. The first kappa shape index (κ1) is 13.9. The van der Waals surface area contributed by atoms with Crippen molar-refractivity contribution in [1.29, 1.82) is 0 Å². The minimum atomic E-state index is -0.414. The summed E-state index contributed by atoms with van der Waals surface area (Å²) >= 11 is 0. The van der Waals surface area contributed by atoms with Gasteiger partial charge in [-0.1, -0.05) is 6.92 Å². The van der Waals surface area contributed by atoms with Crippen molar-refractivity contribution in [3.8, 4) is 0 Å². The summed E-state index contributed by atoms with van der Waals surface area (Å²) < 4.78 is 11.9. The zero-order chi connectivity index (χ0) is 13.8. The van der Waals surface area contributed by atoms with Crippen molar-refractivity contribution in [2.24, 2.45) is 0 Å². The van der Waals surface area contributed by atoms with E-state index in [2.05, 4.69) is 5.10 Å². The second kappa shape index (κ2) is 6.06. The number of carbonyl (C=O) groups excluding carboxylic acids is 1. The van der Waals surface area contributed by atoms with Crippen LogP contribution in [0.25, 0.3) is 0 Å². The minimum Gasteiger partial charge on any atom is -0.464 e. The molecule has 0 aromatic carbocycles. The highest BCUT2D eigenvalue weighted by molar-refractivity contribution is 5.90. The van der Waals surface area contributed by atoms with Gasteiger partial charge in [0.1, 0.15) is 5.82 Å². The van der Waals surface area contributed by atoms with Crippen molar-refractivity contribution in [2.45, 2.75) is 38.6 Å². The van der Waals surface area contributed by atoms with Gasteiger partial charge in [0.25, 0.3) is 0 Å². The quantitative estimate of drug-likeness (QED) is 0.837. The van der Waals surface area contributed by atoms with Crippen molar-refractivity contribution in [1.82, 2.24) is 9.78 Å². The maximum absolute atomic E-state index is 11.9. The van der Waals surface area contributed by atoms with Crippen LogP contribution in [0, 0.1) is 0 Å². The van der Waals surface area contributed by atoms with Gasteiger partial charge >= 0.3 is 5.97 Å². The van der Waals surface area contributed by atoms with Crippen LogP contribution in [0.2, 0.25) is 0 Å². The Morgan fingerprint density at radius 2 is 2.21 bits per heavy atom. The molecule has 2 N–H and O–H groups in total. The molecular formula is C13H21N3O3. The predicted molar refractivity (Wildman–Crippen MR) is 71.1 cm³/mol. The molecule has 0 unspecified atom stereocenters. The number of nitrogen functional groups attached to an aromatic ring is 1. The maximum atomic E-state index is 11.9. The first-order valence-corrected chi connectivity index (χ1v) is 6.71. The minimum absolute atomic E-state index is 0.230. The van der Waals surface area contributed by atoms with Crippen molar-refractivity contribution < 1.29 is 14.3 Å². The SMILES string of the molecule is CCCn1nc(C(=O)OC)c(C2CCOCC2)c1N. The second-order valence-electron chi connectivity index (χ2n) is 4.75. The molecule has 2 heterocycles. The maximum Gasteiger partial charge on any atom is 0.358 e. The summed E-state index contributed by atoms with van der Waals surface area (Å²) in [6, 6.07) is 0. The summed E-state index contributed by atoms with van der Waals surface area (Å²) in [4.78, 5) is 11.9. The number of esters is 1. The van der Waals surface area contributed by atoms with Gasteiger partial charge in [-0.2, -0.15) is 5.10 Å².